The van der Waals surface area contributed by atoms with E-state index in [1.165, 1.54) is 27.8 Å². The van der Waals surface area contributed by atoms with Crippen LogP contribution in [0.25, 0.3) is 22.4 Å². The summed E-state index contributed by atoms with van der Waals surface area (Å²) in [5, 5.41) is 0. The van der Waals surface area contributed by atoms with Crippen LogP contribution < -0.4 is 4.31 Å². The molecule has 0 amide bonds. The van der Waals surface area contributed by atoms with Gasteiger partial charge in [0.2, 0.25) is 0 Å². The van der Waals surface area contributed by atoms with Gasteiger partial charge in [-0.3, -0.25) is 3.97 Å². The number of pyridine rings is 1. The van der Waals surface area contributed by atoms with Gasteiger partial charge in [0.1, 0.15) is 5.82 Å². The van der Waals surface area contributed by atoms with Crippen molar-refractivity contribution in [2.45, 2.75) is 98.3 Å². The van der Waals surface area contributed by atoms with E-state index < -0.39 is 10.4 Å². The average molecular weight is 507 g/mol. The molecule has 0 saturated carbocycles. The standard InChI is InChI=1S/C31H46N4S/c1-18(2)19-15-24(28(3,4)5)33-26-25(19)27-32-22-16-20-21(30(8,9)31(10,11)29(20,6)7)17-23(22)35(27)36(13,14)34(26)12/h15-18H,1-14H3. The Hall–Kier alpha value is -2.01. The van der Waals surface area contributed by atoms with Crippen LogP contribution >= 0.6 is 10.4 Å². The number of hydrogen-bond acceptors (Lipinski definition) is 3. The Morgan fingerprint density at radius 1 is 0.861 bits per heavy atom. The number of nitrogens with zero attached hydrogens (tertiary/aromatic N) is 4. The molecule has 1 aromatic carbocycles. The minimum absolute atomic E-state index is 0.0126. The Labute approximate surface area is 220 Å². The van der Waals surface area contributed by atoms with Gasteiger partial charge in [0.15, 0.2) is 5.82 Å². The third-order valence-electron chi connectivity index (χ3n) is 10.3. The highest BCUT2D eigenvalue weighted by atomic mass is 32.3. The van der Waals surface area contributed by atoms with Gasteiger partial charge in [-0.05, 0) is 69.6 Å². The van der Waals surface area contributed by atoms with Crippen molar-refractivity contribution >= 4 is 27.3 Å². The third-order valence-corrected chi connectivity index (χ3v) is 13.1. The number of anilines is 1. The van der Waals surface area contributed by atoms with Crippen LogP contribution in [-0.4, -0.2) is 33.5 Å². The summed E-state index contributed by atoms with van der Waals surface area (Å²) in [6.07, 6.45) is 4.76. The van der Waals surface area contributed by atoms with Gasteiger partial charge in [-0.15, -0.1) is 0 Å². The van der Waals surface area contributed by atoms with Crippen molar-refractivity contribution in [1.82, 2.24) is 13.9 Å². The van der Waals surface area contributed by atoms with E-state index in [4.69, 9.17) is 9.97 Å². The molecule has 3 aromatic rings. The Kier molecular flexibility index (Phi) is 5.05. The van der Waals surface area contributed by atoms with Crippen molar-refractivity contribution in [2.24, 2.45) is 5.41 Å². The molecule has 0 bridgehead atoms. The van der Waals surface area contributed by atoms with Crippen LogP contribution in [0.3, 0.4) is 0 Å². The normalized spacial score (nSPS) is 21.9. The van der Waals surface area contributed by atoms with Crippen LogP contribution in [0.15, 0.2) is 18.2 Å². The molecule has 0 radical (unpaired) electrons. The first-order valence-electron chi connectivity index (χ1n) is 13.4. The zero-order chi connectivity index (χ0) is 27.0. The highest BCUT2D eigenvalue weighted by molar-refractivity contribution is 8.32. The zero-order valence-electron chi connectivity index (χ0n) is 25.0. The van der Waals surface area contributed by atoms with E-state index in [0.29, 0.717) is 5.92 Å². The van der Waals surface area contributed by atoms with E-state index in [9.17, 15) is 0 Å². The minimum Gasteiger partial charge on any atom is -0.305 e. The summed E-state index contributed by atoms with van der Waals surface area (Å²) >= 11 is 0. The first-order valence-corrected chi connectivity index (χ1v) is 15.7. The summed E-state index contributed by atoms with van der Waals surface area (Å²) in [5.74, 6) is 2.56. The summed E-state index contributed by atoms with van der Waals surface area (Å²) < 4.78 is 5.01. The summed E-state index contributed by atoms with van der Waals surface area (Å²) in [5.41, 5.74) is 9.26. The molecule has 0 atom stereocenters. The fraction of sp³-hybridized carbons (Fsp3) is 0.613. The smallest absolute Gasteiger partial charge is 0.155 e. The van der Waals surface area contributed by atoms with Gasteiger partial charge in [-0.1, -0.05) is 86.6 Å². The van der Waals surface area contributed by atoms with E-state index in [0.717, 1.165) is 22.9 Å². The molecule has 2 aliphatic rings. The molecule has 1 aliphatic carbocycles. The van der Waals surface area contributed by atoms with Crippen LogP contribution in [0.1, 0.15) is 104 Å². The summed E-state index contributed by atoms with van der Waals surface area (Å²) in [6, 6.07) is 7.23. The number of imidazole rings is 1. The molecule has 2 aromatic heterocycles. The Balaban J connectivity index is 1.90. The van der Waals surface area contributed by atoms with Crippen LogP contribution in [0.5, 0.6) is 0 Å². The quantitative estimate of drug-likeness (QED) is 0.333. The molecule has 0 fully saturated rings. The topological polar surface area (TPSA) is 34.0 Å². The maximum Gasteiger partial charge on any atom is 0.155 e. The molecule has 0 N–H and O–H groups in total. The number of rotatable bonds is 1. The van der Waals surface area contributed by atoms with Gasteiger partial charge in [0.25, 0.3) is 0 Å². The molecule has 1 aliphatic heterocycles. The number of fused-ring (bicyclic) bond motifs is 6. The van der Waals surface area contributed by atoms with Gasteiger partial charge in [0.05, 0.1) is 16.6 Å². The SMILES string of the molecule is CC(C)c1cc(C(C)(C)C)nc2c1-c1nc3cc4c(cc3n1S(C)(C)N2C)C(C)(C)C(C)(C)C4(C)C. The maximum absolute atomic E-state index is 5.42. The maximum atomic E-state index is 5.42. The fourth-order valence-electron chi connectivity index (χ4n) is 6.38. The summed E-state index contributed by atoms with van der Waals surface area (Å²) in [7, 11) is 0.823. The summed E-state index contributed by atoms with van der Waals surface area (Å²) in [4.78, 5) is 10.7. The van der Waals surface area contributed by atoms with Gasteiger partial charge in [0, 0.05) is 18.2 Å². The van der Waals surface area contributed by atoms with E-state index in [1.807, 2.05) is 0 Å². The van der Waals surface area contributed by atoms with Crippen LogP contribution in [0.4, 0.5) is 5.82 Å². The van der Waals surface area contributed by atoms with Crippen molar-refractivity contribution < 1.29 is 0 Å². The number of hydrogen-bond donors (Lipinski definition) is 0. The van der Waals surface area contributed by atoms with Gasteiger partial charge in [-0.25, -0.2) is 9.97 Å². The third kappa shape index (κ3) is 2.95. The molecule has 5 rings (SSSR count). The monoisotopic (exact) mass is 506 g/mol. The molecule has 196 valence electrons. The number of benzene rings is 1. The van der Waals surface area contributed by atoms with Crippen molar-refractivity contribution in [3.63, 3.8) is 0 Å². The van der Waals surface area contributed by atoms with Gasteiger partial charge >= 0.3 is 0 Å². The lowest BCUT2D eigenvalue weighted by Crippen LogP contribution is -2.42. The van der Waals surface area contributed by atoms with E-state index >= 15 is 0 Å². The number of aromatic nitrogens is 3. The molecule has 5 heteroatoms. The molecule has 3 heterocycles. The fourth-order valence-corrected chi connectivity index (χ4v) is 8.37. The van der Waals surface area contributed by atoms with Crippen LogP contribution in [0.2, 0.25) is 0 Å². The van der Waals surface area contributed by atoms with Crippen molar-refractivity contribution in [3.8, 4) is 11.4 Å². The lowest BCUT2D eigenvalue weighted by Gasteiger charge is -2.48. The average Bonchev–Trinajstić information content (AvgIpc) is 3.17. The van der Waals surface area contributed by atoms with Crippen molar-refractivity contribution in [1.29, 1.82) is 0 Å². The molecule has 4 nitrogen and oxygen atoms in total. The molecule has 0 saturated heterocycles. The molecular formula is C31H46N4S. The lowest BCUT2D eigenvalue weighted by atomic mass is 9.59. The predicted octanol–water partition coefficient (Wildman–Crippen LogP) is 8.31. The zero-order valence-corrected chi connectivity index (χ0v) is 25.8. The second kappa shape index (κ2) is 7.09. The Bertz CT molecular complexity index is 1410. The molecule has 0 unspecified atom stereocenters. The molecule has 36 heavy (non-hydrogen) atoms. The largest absolute Gasteiger partial charge is 0.305 e. The van der Waals surface area contributed by atoms with E-state index in [2.05, 4.69) is 122 Å². The Morgan fingerprint density at radius 2 is 1.42 bits per heavy atom. The van der Waals surface area contributed by atoms with Crippen LogP contribution in [0, 0.1) is 5.41 Å². The van der Waals surface area contributed by atoms with Crippen molar-refractivity contribution in [2.75, 3.05) is 23.9 Å². The van der Waals surface area contributed by atoms with E-state index in [1.54, 1.807) is 0 Å². The van der Waals surface area contributed by atoms with E-state index in [-0.39, 0.29) is 21.7 Å². The summed E-state index contributed by atoms with van der Waals surface area (Å²) in [6.45, 7) is 25.9. The van der Waals surface area contributed by atoms with Crippen molar-refractivity contribution in [3.05, 3.63) is 40.6 Å². The van der Waals surface area contributed by atoms with Crippen LogP contribution in [-0.2, 0) is 16.2 Å². The second-order valence-electron chi connectivity index (χ2n) is 14.4. The second-order valence-corrected chi connectivity index (χ2v) is 17.8. The first-order chi connectivity index (χ1) is 16.3. The molecule has 0 spiro atoms. The highest BCUT2D eigenvalue weighted by Crippen LogP contribution is 2.63. The lowest BCUT2D eigenvalue weighted by molar-refractivity contribution is 0.125. The highest BCUT2D eigenvalue weighted by Gasteiger charge is 2.57. The molecular weight excluding hydrogens is 460 g/mol. The van der Waals surface area contributed by atoms with Gasteiger partial charge in [-0.2, -0.15) is 0 Å². The predicted molar refractivity (Wildman–Crippen MR) is 159 cm³/mol. The minimum atomic E-state index is -1.41. The van der Waals surface area contributed by atoms with Gasteiger partial charge < -0.3 is 4.31 Å². The Morgan fingerprint density at radius 3 is 1.94 bits per heavy atom. The first kappa shape index (κ1) is 25.6.